The van der Waals surface area contributed by atoms with Crippen LogP contribution < -0.4 is 0 Å². The number of allylic oxidation sites excluding steroid dienone is 1. The molecule has 0 amide bonds. The normalized spacial score (nSPS) is 17.1. The van der Waals surface area contributed by atoms with E-state index in [2.05, 4.69) is 24.3 Å². The van der Waals surface area contributed by atoms with Crippen LogP contribution in [0.3, 0.4) is 0 Å². The lowest BCUT2D eigenvalue weighted by atomic mass is 9.87. The number of aliphatic hydroxyl groups is 1. The molecule has 1 N–H and O–H groups in total. The molecule has 1 heteroatoms. The third kappa shape index (κ3) is 1.60. The third-order valence-electron chi connectivity index (χ3n) is 2.85. The van der Waals surface area contributed by atoms with Crippen LogP contribution >= 0.6 is 0 Å². The molecule has 0 aromatic heterocycles. The molecule has 0 radical (unpaired) electrons. The van der Waals surface area contributed by atoms with Gasteiger partial charge in [-0.05, 0) is 36.0 Å². The minimum absolute atomic E-state index is 0.295. The molecule has 0 bridgehead atoms. The van der Waals surface area contributed by atoms with Crippen molar-refractivity contribution >= 4 is 5.57 Å². The second-order valence-corrected chi connectivity index (χ2v) is 3.78. The molecule has 2 rings (SSSR count). The second-order valence-electron chi connectivity index (χ2n) is 3.78. The highest BCUT2D eigenvalue weighted by atomic mass is 16.3. The van der Waals surface area contributed by atoms with Gasteiger partial charge in [0.2, 0.25) is 0 Å². The summed E-state index contributed by atoms with van der Waals surface area (Å²) < 4.78 is 0. The van der Waals surface area contributed by atoms with E-state index in [1.54, 1.807) is 0 Å². The van der Waals surface area contributed by atoms with Gasteiger partial charge in [-0.15, -0.1) is 0 Å². The predicted molar refractivity (Wildman–Crippen MR) is 59.0 cm³/mol. The summed E-state index contributed by atoms with van der Waals surface area (Å²) in [5.74, 6) is 0. The van der Waals surface area contributed by atoms with Gasteiger partial charge >= 0.3 is 0 Å². The summed E-state index contributed by atoms with van der Waals surface area (Å²) in [6, 6.07) is 8.38. The van der Waals surface area contributed by atoms with Crippen molar-refractivity contribution in [2.45, 2.75) is 32.3 Å². The molecule has 0 unspecified atom stereocenters. The first-order chi connectivity index (χ1) is 6.83. The van der Waals surface area contributed by atoms with Gasteiger partial charge in [0.1, 0.15) is 0 Å². The molecule has 1 aromatic carbocycles. The lowest BCUT2D eigenvalue weighted by Crippen LogP contribution is -2.12. The third-order valence-corrected chi connectivity index (χ3v) is 2.85. The predicted octanol–water partition coefficient (Wildman–Crippen LogP) is 2.79. The monoisotopic (exact) mass is 188 g/mol. The molecule has 1 nitrogen and oxygen atoms in total. The Morgan fingerprint density at radius 2 is 2.14 bits per heavy atom. The minimum atomic E-state index is -0.295. The largest absolute Gasteiger partial charge is 0.388 e. The molecule has 14 heavy (non-hydrogen) atoms. The maximum Gasteiger partial charge on any atom is 0.0790 e. The summed E-state index contributed by atoms with van der Waals surface area (Å²) in [6.07, 6.45) is 4.84. The van der Waals surface area contributed by atoms with E-state index in [0.29, 0.717) is 0 Å². The first-order valence-electron chi connectivity index (χ1n) is 5.29. The average Bonchev–Trinajstić information content (AvgIpc) is 2.27. The zero-order valence-corrected chi connectivity index (χ0v) is 8.53. The fourth-order valence-electron chi connectivity index (χ4n) is 2.05. The number of hydrogen-bond acceptors (Lipinski definition) is 1. The lowest BCUT2D eigenvalue weighted by Gasteiger charge is -2.21. The average molecular weight is 188 g/mol. The number of fused-ring (bicyclic) bond motifs is 1. The Morgan fingerprint density at radius 1 is 1.36 bits per heavy atom. The Morgan fingerprint density at radius 3 is 2.93 bits per heavy atom. The van der Waals surface area contributed by atoms with Gasteiger partial charge in [-0.1, -0.05) is 37.3 Å². The number of aliphatic hydroxyl groups excluding tert-OH is 1. The number of benzene rings is 1. The fraction of sp³-hybridized carbons (Fsp3) is 0.385. The van der Waals surface area contributed by atoms with Gasteiger partial charge in [-0.3, -0.25) is 0 Å². The summed E-state index contributed by atoms with van der Waals surface area (Å²) >= 11 is 0. The van der Waals surface area contributed by atoms with Crippen LogP contribution in [0.25, 0.3) is 5.57 Å². The number of hydrogen-bond donors (Lipinski definition) is 1. The molecule has 1 aliphatic rings. The maximum atomic E-state index is 9.86. The number of aryl methyl sites for hydroxylation is 1. The van der Waals surface area contributed by atoms with E-state index in [0.717, 1.165) is 24.8 Å². The Labute approximate surface area is 85.1 Å². The van der Waals surface area contributed by atoms with E-state index in [4.69, 9.17) is 0 Å². The summed E-state index contributed by atoms with van der Waals surface area (Å²) in [5, 5.41) is 9.86. The summed E-state index contributed by atoms with van der Waals surface area (Å²) in [4.78, 5) is 0. The molecular formula is C13H16O. The van der Waals surface area contributed by atoms with Gasteiger partial charge in [0.25, 0.3) is 0 Å². The van der Waals surface area contributed by atoms with Crippen molar-refractivity contribution in [1.29, 1.82) is 0 Å². The van der Waals surface area contributed by atoms with E-state index < -0.39 is 0 Å². The standard InChI is InChI=1S/C13H16O/c1-2-13(14)12-9-5-7-10-6-3-4-8-11(10)12/h3-4,6,8-9,13-14H,2,5,7H2,1H3/t13-/m0/s1. The number of rotatable bonds is 2. The van der Waals surface area contributed by atoms with Crippen molar-refractivity contribution in [3.05, 3.63) is 41.5 Å². The zero-order valence-electron chi connectivity index (χ0n) is 8.53. The highest BCUT2D eigenvalue weighted by Gasteiger charge is 2.16. The van der Waals surface area contributed by atoms with Gasteiger partial charge < -0.3 is 5.11 Å². The molecule has 1 atom stereocenters. The second kappa shape index (κ2) is 3.97. The Kier molecular flexibility index (Phi) is 2.69. The van der Waals surface area contributed by atoms with Crippen molar-refractivity contribution in [1.82, 2.24) is 0 Å². The molecule has 0 spiro atoms. The summed E-state index contributed by atoms with van der Waals surface area (Å²) in [7, 11) is 0. The van der Waals surface area contributed by atoms with Crippen molar-refractivity contribution in [3.8, 4) is 0 Å². The van der Waals surface area contributed by atoms with Crippen LogP contribution in [0.5, 0.6) is 0 Å². The Bertz CT molecular complexity index is 352. The highest BCUT2D eigenvalue weighted by molar-refractivity contribution is 5.72. The molecular weight excluding hydrogens is 172 g/mol. The van der Waals surface area contributed by atoms with Crippen LogP contribution in [-0.2, 0) is 6.42 Å². The topological polar surface area (TPSA) is 20.2 Å². The van der Waals surface area contributed by atoms with Gasteiger partial charge in [0, 0.05) is 0 Å². The Hall–Kier alpha value is -1.08. The van der Waals surface area contributed by atoms with Gasteiger partial charge in [0.05, 0.1) is 6.10 Å². The molecule has 74 valence electrons. The molecule has 0 heterocycles. The van der Waals surface area contributed by atoms with Crippen molar-refractivity contribution < 1.29 is 5.11 Å². The van der Waals surface area contributed by atoms with Crippen molar-refractivity contribution in [2.75, 3.05) is 0 Å². The SMILES string of the molecule is CC[C@H](O)C1=CCCc2ccccc21. The van der Waals surface area contributed by atoms with E-state index in [9.17, 15) is 5.11 Å². The zero-order chi connectivity index (χ0) is 9.97. The van der Waals surface area contributed by atoms with Crippen LogP contribution in [0.4, 0.5) is 0 Å². The minimum Gasteiger partial charge on any atom is -0.388 e. The molecule has 0 saturated heterocycles. The molecule has 1 aromatic rings. The van der Waals surface area contributed by atoms with E-state index >= 15 is 0 Å². The molecule has 0 fully saturated rings. The van der Waals surface area contributed by atoms with Gasteiger partial charge in [-0.25, -0.2) is 0 Å². The lowest BCUT2D eigenvalue weighted by molar-refractivity contribution is 0.228. The Balaban J connectivity index is 2.40. The van der Waals surface area contributed by atoms with Crippen molar-refractivity contribution in [2.24, 2.45) is 0 Å². The van der Waals surface area contributed by atoms with Crippen LogP contribution in [0, 0.1) is 0 Å². The first kappa shape index (κ1) is 9.47. The fourth-order valence-corrected chi connectivity index (χ4v) is 2.05. The quantitative estimate of drug-likeness (QED) is 0.756. The van der Waals surface area contributed by atoms with E-state index in [1.165, 1.54) is 11.1 Å². The van der Waals surface area contributed by atoms with Crippen LogP contribution in [-0.4, -0.2) is 11.2 Å². The summed E-state index contributed by atoms with van der Waals surface area (Å²) in [5.41, 5.74) is 3.74. The van der Waals surface area contributed by atoms with Crippen LogP contribution in [0.2, 0.25) is 0 Å². The first-order valence-corrected chi connectivity index (χ1v) is 5.29. The highest BCUT2D eigenvalue weighted by Crippen LogP contribution is 2.29. The molecule has 1 aliphatic carbocycles. The van der Waals surface area contributed by atoms with Crippen LogP contribution in [0.1, 0.15) is 30.9 Å². The van der Waals surface area contributed by atoms with Gasteiger partial charge in [0.15, 0.2) is 0 Å². The van der Waals surface area contributed by atoms with E-state index in [-0.39, 0.29) is 6.10 Å². The van der Waals surface area contributed by atoms with E-state index in [1.807, 2.05) is 13.0 Å². The van der Waals surface area contributed by atoms with Crippen LogP contribution in [0.15, 0.2) is 30.3 Å². The maximum absolute atomic E-state index is 9.86. The smallest absolute Gasteiger partial charge is 0.0790 e. The van der Waals surface area contributed by atoms with Gasteiger partial charge in [-0.2, -0.15) is 0 Å². The molecule has 0 aliphatic heterocycles. The van der Waals surface area contributed by atoms with Crippen molar-refractivity contribution in [3.63, 3.8) is 0 Å². The molecule has 0 saturated carbocycles. The summed E-state index contributed by atoms with van der Waals surface area (Å²) in [6.45, 7) is 2.02.